The number of carboxylic acid groups (broad SMARTS) is 2. The molecule has 0 radical (unpaired) electrons. The molecule has 2 aliphatic heterocycles. The number of aliphatic carboxylic acids is 2. The molecule has 340 valence electrons. The largest absolute Gasteiger partial charge is 0.480 e. The highest BCUT2D eigenvalue weighted by molar-refractivity contribution is 5.91. The lowest BCUT2D eigenvalue weighted by Gasteiger charge is -2.31. The van der Waals surface area contributed by atoms with Gasteiger partial charge in [-0.1, -0.05) is 19.7 Å². The average Bonchev–Trinajstić information content (AvgIpc) is 3.15. The first kappa shape index (κ1) is 54.6. The third-order valence-electron chi connectivity index (χ3n) is 7.56. The molecule has 0 aromatic carbocycles. The number of carbonyl (C=O) groups excluding carboxylic acids is 9. The number of nitrogens with zero attached hydrogens (tertiary/aromatic N) is 7. The molecule has 2 rings (SSSR count). The van der Waals surface area contributed by atoms with Crippen LogP contribution in [0, 0.1) is 0 Å². The van der Waals surface area contributed by atoms with E-state index in [0.29, 0.717) is 6.54 Å². The Morgan fingerprint density at radius 2 is 0.902 bits per heavy atom. The van der Waals surface area contributed by atoms with Gasteiger partial charge in [0.1, 0.15) is 13.2 Å². The van der Waals surface area contributed by atoms with Gasteiger partial charge in [0.25, 0.3) is 0 Å². The van der Waals surface area contributed by atoms with Gasteiger partial charge in [-0.2, -0.15) is 0 Å². The number of ether oxygens (including phenoxy) is 4. The van der Waals surface area contributed by atoms with Crippen LogP contribution in [-0.2, 0) is 71.7 Å². The highest BCUT2D eigenvalue weighted by Crippen LogP contribution is 2.06. The quantitative estimate of drug-likeness (QED) is 0.0286. The zero-order valence-electron chi connectivity index (χ0n) is 34.3. The smallest absolute Gasteiger partial charge is 0.327 e. The number of morpholine rings is 2. The minimum Gasteiger partial charge on any atom is -0.480 e. The topological polar surface area (TPSA) is 308 Å². The van der Waals surface area contributed by atoms with Crippen molar-refractivity contribution in [2.24, 2.45) is 0 Å². The fourth-order valence-corrected chi connectivity index (χ4v) is 4.68. The zero-order valence-corrected chi connectivity index (χ0v) is 34.3. The van der Waals surface area contributed by atoms with Gasteiger partial charge in [-0.25, -0.2) is 0 Å². The van der Waals surface area contributed by atoms with Gasteiger partial charge in [0.05, 0.1) is 85.4 Å². The number of rotatable bonds is 23. The number of likely N-dealkylation sites (N-methyl/N-ethyl adjacent to an activating group) is 3. The lowest BCUT2D eigenvalue weighted by Crippen LogP contribution is -2.52. The van der Waals surface area contributed by atoms with Crippen LogP contribution in [0.15, 0.2) is 38.0 Å². The van der Waals surface area contributed by atoms with E-state index < -0.39 is 73.9 Å². The Kier molecular flexibility index (Phi) is 26.6. The Morgan fingerprint density at radius 3 is 1.18 bits per heavy atom. The van der Waals surface area contributed by atoms with Crippen molar-refractivity contribution < 1.29 is 87.0 Å². The summed E-state index contributed by atoms with van der Waals surface area (Å²) in [6.07, 6.45) is 3.41. The van der Waals surface area contributed by atoms with E-state index in [1.165, 1.54) is 44.7 Å². The molecule has 0 spiro atoms. The Hall–Kier alpha value is -6.41. The Labute approximate surface area is 350 Å². The minimum atomic E-state index is -1.29. The van der Waals surface area contributed by atoms with E-state index in [9.17, 15) is 52.7 Å². The molecule has 61 heavy (non-hydrogen) atoms. The molecule has 3 N–H and O–H groups in total. The first-order valence-corrected chi connectivity index (χ1v) is 18.0. The summed E-state index contributed by atoms with van der Waals surface area (Å²) in [7, 11) is 4.57. The molecule has 0 atom stereocenters. The molecular formula is C36H53N7O18. The second-order valence-electron chi connectivity index (χ2n) is 12.8. The number of aliphatic hydroxyl groups is 1. The van der Waals surface area contributed by atoms with Gasteiger partial charge >= 0.3 is 47.8 Å². The molecule has 2 heterocycles. The lowest BCUT2D eigenvalue weighted by atomic mass is 10.4. The highest BCUT2D eigenvalue weighted by atomic mass is 16.6. The number of hydrogen-bond acceptors (Lipinski definition) is 20. The van der Waals surface area contributed by atoms with Gasteiger partial charge in [-0.3, -0.25) is 72.3 Å². The standard InChI is InChI=1S/C21H32N4O10.C9H10N2O6.C6H11NO2/c1-5-16(26)22(3)7-9-34-20(32)13-24(11-18(28)29)15-25(12-19(30)31)14-21(33)35-10-8-23(4)17(27)6-2;12-6-1-10(2-7(13)16-6)5-11-3-8(14)17-9(15)4-11;1-3-6(9)7(2)4-5-8/h5-6H,1-2,7-15H2,3-4H3,(H,28,29)(H,30,31);1-5H2;3,8H,1,4-5H2,2H3. The fourth-order valence-electron chi connectivity index (χ4n) is 4.68. The molecule has 0 aliphatic carbocycles. The third kappa shape index (κ3) is 25.6. The highest BCUT2D eigenvalue weighted by Gasteiger charge is 2.30. The van der Waals surface area contributed by atoms with E-state index in [4.69, 9.17) is 24.8 Å². The molecule has 3 amide bonds. The first-order chi connectivity index (χ1) is 28.6. The molecule has 0 aromatic heterocycles. The second-order valence-corrected chi connectivity index (χ2v) is 12.8. The number of aliphatic hydroxyl groups excluding tert-OH is 1. The van der Waals surface area contributed by atoms with Crippen molar-refractivity contribution in [2.75, 3.05) is 126 Å². The van der Waals surface area contributed by atoms with Gasteiger partial charge in [-0.15, -0.1) is 0 Å². The van der Waals surface area contributed by atoms with Crippen LogP contribution in [0.25, 0.3) is 0 Å². The number of esters is 6. The van der Waals surface area contributed by atoms with Crippen LogP contribution in [0.2, 0.25) is 0 Å². The SMILES string of the molecule is C=CC(=O)N(C)CCO.C=CC(=O)N(C)CCOC(=O)CN(CC(=O)O)CN(CC(=O)O)CC(=O)OCCN(C)C(=O)C=C.O=C1CN(CN2CC(=O)OC(=O)C2)CC(=O)O1. The van der Waals surface area contributed by atoms with E-state index in [1.54, 1.807) is 7.05 Å². The van der Waals surface area contributed by atoms with Crippen molar-refractivity contribution in [3.63, 3.8) is 0 Å². The monoisotopic (exact) mass is 871 g/mol. The fraction of sp³-hybridized carbons (Fsp3) is 0.528. The summed E-state index contributed by atoms with van der Waals surface area (Å²) in [5.74, 6) is -7.63. The summed E-state index contributed by atoms with van der Waals surface area (Å²) in [6, 6.07) is 0. The zero-order chi connectivity index (χ0) is 46.7. The Bertz CT molecular complexity index is 1490. The summed E-state index contributed by atoms with van der Waals surface area (Å²) < 4.78 is 18.7. The van der Waals surface area contributed by atoms with Crippen LogP contribution >= 0.6 is 0 Å². The normalized spacial score (nSPS) is 13.8. The molecule has 25 nitrogen and oxygen atoms in total. The van der Waals surface area contributed by atoms with E-state index in [1.807, 2.05) is 0 Å². The van der Waals surface area contributed by atoms with Crippen molar-refractivity contribution in [3.05, 3.63) is 38.0 Å². The second kappa shape index (κ2) is 29.7. The van der Waals surface area contributed by atoms with Crippen LogP contribution in [0.4, 0.5) is 0 Å². The van der Waals surface area contributed by atoms with Gasteiger partial charge < -0.3 is 49.0 Å². The predicted octanol–water partition coefficient (Wildman–Crippen LogP) is -4.57. The van der Waals surface area contributed by atoms with Gasteiger partial charge in [0.15, 0.2) is 0 Å². The number of carboxylic acids is 2. The molecule has 2 saturated heterocycles. The molecule has 0 unspecified atom stereocenters. The van der Waals surface area contributed by atoms with Crippen molar-refractivity contribution in [3.8, 4) is 0 Å². The summed E-state index contributed by atoms with van der Waals surface area (Å²) in [6.45, 7) is 7.56. The Morgan fingerprint density at radius 1 is 0.590 bits per heavy atom. The van der Waals surface area contributed by atoms with Gasteiger partial charge in [0, 0.05) is 27.7 Å². The van der Waals surface area contributed by atoms with Crippen LogP contribution in [-0.4, -0.2) is 241 Å². The summed E-state index contributed by atoms with van der Waals surface area (Å²) in [4.78, 5) is 133. The van der Waals surface area contributed by atoms with E-state index in [0.717, 1.165) is 22.0 Å². The number of cyclic esters (lactones) is 4. The maximum atomic E-state index is 12.1. The Balaban J connectivity index is 0.00000112. The van der Waals surface area contributed by atoms with Crippen LogP contribution in [0.1, 0.15) is 0 Å². The molecule has 0 aromatic rings. The van der Waals surface area contributed by atoms with Crippen LogP contribution in [0.5, 0.6) is 0 Å². The van der Waals surface area contributed by atoms with Crippen LogP contribution in [0.3, 0.4) is 0 Å². The number of amides is 3. The van der Waals surface area contributed by atoms with Gasteiger partial charge in [0.2, 0.25) is 17.7 Å². The van der Waals surface area contributed by atoms with Crippen LogP contribution < -0.4 is 0 Å². The summed E-state index contributed by atoms with van der Waals surface area (Å²) in [5, 5.41) is 26.6. The molecule has 2 aliphatic rings. The third-order valence-corrected chi connectivity index (χ3v) is 7.56. The average molecular weight is 872 g/mol. The number of hydrogen-bond donors (Lipinski definition) is 3. The van der Waals surface area contributed by atoms with Crippen molar-refractivity contribution >= 4 is 65.5 Å². The maximum Gasteiger partial charge on any atom is 0.327 e. The predicted molar refractivity (Wildman–Crippen MR) is 206 cm³/mol. The summed E-state index contributed by atoms with van der Waals surface area (Å²) >= 11 is 0. The lowest BCUT2D eigenvalue weighted by molar-refractivity contribution is -0.171. The van der Waals surface area contributed by atoms with E-state index in [2.05, 4.69) is 29.2 Å². The van der Waals surface area contributed by atoms with Crippen molar-refractivity contribution in [1.29, 1.82) is 0 Å². The molecule has 0 bridgehead atoms. The summed E-state index contributed by atoms with van der Waals surface area (Å²) in [5.41, 5.74) is 0. The minimum absolute atomic E-state index is 0.00389. The van der Waals surface area contributed by atoms with Gasteiger partial charge in [-0.05, 0) is 18.2 Å². The van der Waals surface area contributed by atoms with Crippen molar-refractivity contribution in [1.82, 2.24) is 34.3 Å². The number of carbonyl (C=O) groups is 11. The molecular weight excluding hydrogens is 818 g/mol. The maximum absolute atomic E-state index is 12.1. The van der Waals surface area contributed by atoms with E-state index in [-0.39, 0.29) is 90.1 Å². The molecule has 25 heteroatoms. The van der Waals surface area contributed by atoms with E-state index >= 15 is 0 Å². The first-order valence-electron chi connectivity index (χ1n) is 18.0. The molecule has 2 fully saturated rings. The van der Waals surface area contributed by atoms with Crippen molar-refractivity contribution in [2.45, 2.75) is 0 Å². The molecule has 0 saturated carbocycles.